The Morgan fingerprint density at radius 3 is 2.30 bits per heavy atom. The second-order valence-corrected chi connectivity index (χ2v) is 4.36. The van der Waals surface area contributed by atoms with Crippen molar-refractivity contribution >= 4 is 17.6 Å². The number of hydrogen-bond acceptors (Lipinski definition) is 2. The number of hydrogen-bond donors (Lipinski definition) is 1. The van der Waals surface area contributed by atoms with Gasteiger partial charge in [0.15, 0.2) is 0 Å². The Balaban J connectivity index is 3.02. The maximum absolute atomic E-state index is 13.7. The van der Waals surface area contributed by atoms with Gasteiger partial charge in [-0.15, -0.1) is 0 Å². The molecule has 0 saturated carbocycles. The van der Waals surface area contributed by atoms with E-state index in [0.29, 0.717) is 6.42 Å². The molecule has 6 heteroatoms. The number of halogens is 2. The first-order chi connectivity index (χ1) is 9.47. The van der Waals surface area contributed by atoms with E-state index in [-0.39, 0.29) is 19.4 Å². The number of anilines is 1. The lowest BCUT2D eigenvalue weighted by atomic mass is 10.2. The van der Waals surface area contributed by atoms with Gasteiger partial charge in [-0.05, 0) is 18.6 Å². The summed E-state index contributed by atoms with van der Waals surface area (Å²) < 4.78 is 27.5. The zero-order valence-corrected chi connectivity index (χ0v) is 11.2. The number of carbonyl (C=O) groups excluding carboxylic acids is 1. The topological polar surface area (TPSA) is 57.6 Å². The Hall–Kier alpha value is -1.98. The summed E-state index contributed by atoms with van der Waals surface area (Å²) in [6, 6.07) is 3.28. The van der Waals surface area contributed by atoms with E-state index in [2.05, 4.69) is 0 Å². The van der Waals surface area contributed by atoms with Gasteiger partial charge in [-0.3, -0.25) is 9.59 Å². The van der Waals surface area contributed by atoms with Crippen LogP contribution in [0.25, 0.3) is 0 Å². The maximum atomic E-state index is 13.7. The summed E-state index contributed by atoms with van der Waals surface area (Å²) in [7, 11) is 0. The first-order valence-electron chi connectivity index (χ1n) is 6.43. The van der Waals surface area contributed by atoms with Crippen LogP contribution in [0.2, 0.25) is 0 Å². The molecule has 0 aliphatic rings. The maximum Gasteiger partial charge on any atom is 0.305 e. The fourth-order valence-corrected chi connectivity index (χ4v) is 1.78. The average molecular weight is 285 g/mol. The Morgan fingerprint density at radius 2 is 1.80 bits per heavy atom. The van der Waals surface area contributed by atoms with Crippen LogP contribution in [0, 0.1) is 11.6 Å². The van der Waals surface area contributed by atoms with Crippen LogP contribution >= 0.6 is 0 Å². The molecule has 0 aliphatic carbocycles. The summed E-state index contributed by atoms with van der Waals surface area (Å²) in [5.74, 6) is -3.35. The van der Waals surface area contributed by atoms with Gasteiger partial charge in [-0.2, -0.15) is 0 Å². The number of carboxylic acids is 1. The normalized spacial score (nSPS) is 10.3. The number of para-hydroxylation sites is 1. The summed E-state index contributed by atoms with van der Waals surface area (Å²) in [4.78, 5) is 23.5. The number of benzene rings is 1. The van der Waals surface area contributed by atoms with Crippen LogP contribution in [-0.2, 0) is 9.59 Å². The van der Waals surface area contributed by atoms with E-state index in [9.17, 15) is 18.4 Å². The smallest absolute Gasteiger partial charge is 0.305 e. The number of aliphatic carboxylic acids is 1. The van der Waals surface area contributed by atoms with Crippen molar-refractivity contribution in [3.63, 3.8) is 0 Å². The minimum Gasteiger partial charge on any atom is -0.481 e. The van der Waals surface area contributed by atoms with Crippen molar-refractivity contribution in [1.29, 1.82) is 0 Å². The average Bonchev–Trinajstić information content (AvgIpc) is 2.39. The number of carbonyl (C=O) groups is 2. The van der Waals surface area contributed by atoms with Crippen molar-refractivity contribution in [2.45, 2.75) is 32.6 Å². The molecule has 1 aromatic carbocycles. The van der Waals surface area contributed by atoms with Gasteiger partial charge in [0.1, 0.15) is 17.3 Å². The monoisotopic (exact) mass is 285 g/mol. The lowest BCUT2D eigenvalue weighted by molar-refractivity contribution is -0.136. The molecule has 1 rings (SSSR count). The molecule has 0 radical (unpaired) electrons. The SMILES string of the molecule is CCCCC(=O)N(CCC(=O)O)c1c(F)cccc1F. The molecule has 0 aromatic heterocycles. The van der Waals surface area contributed by atoms with E-state index in [4.69, 9.17) is 5.11 Å². The number of nitrogens with zero attached hydrogens (tertiary/aromatic N) is 1. The molecular formula is C14H17F2NO3. The third-order valence-corrected chi connectivity index (χ3v) is 2.80. The van der Waals surface area contributed by atoms with E-state index in [1.807, 2.05) is 6.92 Å². The zero-order valence-electron chi connectivity index (χ0n) is 11.2. The summed E-state index contributed by atoms with van der Waals surface area (Å²) in [5, 5.41) is 8.68. The van der Waals surface area contributed by atoms with Crippen LogP contribution in [0.15, 0.2) is 18.2 Å². The lowest BCUT2D eigenvalue weighted by Crippen LogP contribution is -2.34. The van der Waals surface area contributed by atoms with Gasteiger partial charge in [0, 0.05) is 13.0 Å². The van der Waals surface area contributed by atoms with Crippen molar-refractivity contribution in [2.75, 3.05) is 11.4 Å². The molecule has 0 unspecified atom stereocenters. The summed E-state index contributed by atoms with van der Waals surface area (Å²) in [6.45, 7) is 1.63. The number of carboxylic acid groups (broad SMARTS) is 1. The second kappa shape index (κ2) is 7.57. The van der Waals surface area contributed by atoms with E-state index in [1.165, 1.54) is 6.07 Å². The molecule has 1 amide bonds. The number of unbranched alkanes of at least 4 members (excludes halogenated alkanes) is 1. The second-order valence-electron chi connectivity index (χ2n) is 4.36. The van der Waals surface area contributed by atoms with E-state index >= 15 is 0 Å². The van der Waals surface area contributed by atoms with E-state index in [0.717, 1.165) is 23.5 Å². The van der Waals surface area contributed by atoms with Crippen LogP contribution < -0.4 is 4.90 Å². The highest BCUT2D eigenvalue weighted by Crippen LogP contribution is 2.24. The number of rotatable bonds is 7. The molecule has 1 N–H and O–H groups in total. The van der Waals surface area contributed by atoms with Gasteiger partial charge in [-0.25, -0.2) is 8.78 Å². The van der Waals surface area contributed by atoms with Crippen LogP contribution in [0.1, 0.15) is 32.6 Å². The van der Waals surface area contributed by atoms with Crippen LogP contribution in [-0.4, -0.2) is 23.5 Å². The van der Waals surface area contributed by atoms with Gasteiger partial charge in [0.05, 0.1) is 6.42 Å². The molecule has 20 heavy (non-hydrogen) atoms. The van der Waals surface area contributed by atoms with Crippen molar-refractivity contribution in [2.24, 2.45) is 0 Å². The van der Waals surface area contributed by atoms with Crippen molar-refractivity contribution in [3.05, 3.63) is 29.8 Å². The highest BCUT2D eigenvalue weighted by Gasteiger charge is 2.22. The van der Waals surface area contributed by atoms with Crippen LogP contribution in [0.3, 0.4) is 0 Å². The molecule has 0 fully saturated rings. The summed E-state index contributed by atoms with van der Waals surface area (Å²) >= 11 is 0. The Labute approximate surface area is 116 Å². The van der Waals surface area contributed by atoms with Crippen molar-refractivity contribution in [3.8, 4) is 0 Å². The lowest BCUT2D eigenvalue weighted by Gasteiger charge is -2.23. The minimum absolute atomic E-state index is 0.129. The highest BCUT2D eigenvalue weighted by atomic mass is 19.1. The van der Waals surface area contributed by atoms with Crippen LogP contribution in [0.5, 0.6) is 0 Å². The summed E-state index contributed by atoms with van der Waals surface area (Å²) in [5.41, 5.74) is -0.477. The highest BCUT2D eigenvalue weighted by molar-refractivity contribution is 5.94. The quantitative estimate of drug-likeness (QED) is 0.838. The third-order valence-electron chi connectivity index (χ3n) is 2.80. The Bertz CT molecular complexity index is 471. The molecule has 0 heterocycles. The van der Waals surface area contributed by atoms with Crippen molar-refractivity contribution < 1.29 is 23.5 Å². The molecular weight excluding hydrogens is 268 g/mol. The predicted molar refractivity (Wildman–Crippen MR) is 70.5 cm³/mol. The molecule has 4 nitrogen and oxygen atoms in total. The van der Waals surface area contributed by atoms with Gasteiger partial charge >= 0.3 is 5.97 Å². The largest absolute Gasteiger partial charge is 0.481 e. The van der Waals surface area contributed by atoms with Gasteiger partial charge in [0.2, 0.25) is 5.91 Å². The fraction of sp³-hybridized carbons (Fsp3) is 0.429. The van der Waals surface area contributed by atoms with Gasteiger partial charge in [0.25, 0.3) is 0 Å². The molecule has 0 spiro atoms. The van der Waals surface area contributed by atoms with Crippen molar-refractivity contribution in [1.82, 2.24) is 0 Å². The first kappa shape index (κ1) is 16.1. The van der Waals surface area contributed by atoms with Gasteiger partial charge < -0.3 is 10.0 Å². The van der Waals surface area contributed by atoms with E-state index in [1.54, 1.807) is 0 Å². The minimum atomic E-state index is -1.13. The zero-order chi connectivity index (χ0) is 15.1. The van der Waals surface area contributed by atoms with E-state index < -0.39 is 29.2 Å². The fourth-order valence-electron chi connectivity index (χ4n) is 1.78. The summed E-state index contributed by atoms with van der Waals surface area (Å²) in [6.07, 6.45) is 1.10. The van der Waals surface area contributed by atoms with Gasteiger partial charge in [-0.1, -0.05) is 19.4 Å². The molecule has 0 aliphatic heterocycles. The van der Waals surface area contributed by atoms with Crippen LogP contribution in [0.4, 0.5) is 14.5 Å². The Kier molecular flexibility index (Phi) is 6.09. The Morgan fingerprint density at radius 1 is 1.20 bits per heavy atom. The predicted octanol–water partition coefficient (Wildman–Crippen LogP) is 2.96. The third kappa shape index (κ3) is 4.29. The molecule has 0 saturated heterocycles. The molecule has 1 aromatic rings. The molecule has 0 atom stereocenters. The molecule has 0 bridgehead atoms. The standard InChI is InChI=1S/C14H17F2NO3/c1-2-3-7-12(18)17(9-8-13(19)20)14-10(15)5-4-6-11(14)16/h4-6H,2-3,7-9H2,1H3,(H,19,20). The molecule has 110 valence electrons. The first-order valence-corrected chi connectivity index (χ1v) is 6.43. The number of amides is 1.